The molecule has 1 aliphatic rings. The lowest BCUT2D eigenvalue weighted by atomic mass is 9.98. The molecule has 0 aromatic rings. The van der Waals surface area contributed by atoms with E-state index < -0.39 is 5.97 Å². The molecule has 11 heavy (non-hydrogen) atoms. The molecule has 0 aliphatic heterocycles. The van der Waals surface area contributed by atoms with Crippen LogP contribution in [0.1, 0.15) is 19.3 Å². The van der Waals surface area contributed by atoms with Gasteiger partial charge in [0.25, 0.3) is 0 Å². The molecule has 0 aromatic heterocycles. The lowest BCUT2D eigenvalue weighted by Gasteiger charge is -2.08. The predicted molar refractivity (Wildman–Crippen MR) is 38.8 cm³/mol. The highest BCUT2D eigenvalue weighted by Gasteiger charge is 2.33. The molecule has 0 saturated heterocycles. The van der Waals surface area contributed by atoms with Crippen LogP contribution in [0.25, 0.3) is 0 Å². The van der Waals surface area contributed by atoms with Gasteiger partial charge in [-0.3, -0.25) is 4.79 Å². The molecule has 0 aromatic carbocycles. The average molecular weight is 177 g/mol. The summed E-state index contributed by atoms with van der Waals surface area (Å²) in [6, 6.07) is 0. The number of aldehydes is 1. The van der Waals surface area contributed by atoms with Gasteiger partial charge in [-0.2, -0.15) is 0 Å². The second-order valence-electron chi connectivity index (χ2n) is 2.73. The quantitative estimate of drug-likeness (QED) is 0.596. The summed E-state index contributed by atoms with van der Waals surface area (Å²) >= 11 is 4.89. The number of halogens is 1. The van der Waals surface area contributed by atoms with Crippen LogP contribution >= 0.6 is 11.9 Å². The lowest BCUT2D eigenvalue weighted by Crippen LogP contribution is -2.19. The van der Waals surface area contributed by atoms with Crippen LogP contribution in [-0.2, 0) is 13.9 Å². The molecule has 0 amide bonds. The van der Waals surface area contributed by atoms with E-state index in [9.17, 15) is 9.59 Å². The highest BCUT2D eigenvalue weighted by Crippen LogP contribution is 2.31. The van der Waals surface area contributed by atoms with Gasteiger partial charge in [0.2, 0.25) is 0 Å². The molecule has 62 valence electrons. The molecule has 0 spiro atoms. The summed E-state index contributed by atoms with van der Waals surface area (Å²) in [6.07, 6.45) is 3.21. The molecule has 1 aliphatic carbocycles. The maximum Gasteiger partial charge on any atom is 0.328 e. The van der Waals surface area contributed by atoms with Gasteiger partial charge in [-0.15, -0.1) is 0 Å². The topological polar surface area (TPSA) is 43.4 Å². The smallest absolute Gasteiger partial charge is 0.328 e. The Morgan fingerprint density at radius 2 is 2.27 bits per heavy atom. The van der Waals surface area contributed by atoms with Crippen LogP contribution in [0.15, 0.2) is 0 Å². The third-order valence-electron chi connectivity index (χ3n) is 2.12. The molecular weight excluding hydrogens is 168 g/mol. The molecule has 1 fully saturated rings. The molecule has 0 N–H and O–H groups in total. The molecule has 3 nitrogen and oxygen atoms in total. The number of hydrogen-bond acceptors (Lipinski definition) is 3. The van der Waals surface area contributed by atoms with E-state index in [1.165, 1.54) is 0 Å². The Bertz CT molecular complexity index is 169. The summed E-state index contributed by atoms with van der Waals surface area (Å²) in [4.78, 5) is 21.3. The zero-order chi connectivity index (χ0) is 8.27. The van der Waals surface area contributed by atoms with Gasteiger partial charge < -0.3 is 9.08 Å². The summed E-state index contributed by atoms with van der Waals surface area (Å²) in [5.74, 6) is -0.951. The van der Waals surface area contributed by atoms with Gasteiger partial charge in [0.15, 0.2) is 0 Å². The summed E-state index contributed by atoms with van der Waals surface area (Å²) in [6.45, 7) is 0. The molecule has 1 rings (SSSR count). The van der Waals surface area contributed by atoms with Crippen molar-refractivity contribution in [2.24, 2.45) is 11.8 Å². The van der Waals surface area contributed by atoms with Crippen molar-refractivity contribution in [2.45, 2.75) is 19.3 Å². The predicted octanol–water partition coefficient (Wildman–Crippen LogP) is 1.30. The maximum absolute atomic E-state index is 10.9. The van der Waals surface area contributed by atoms with E-state index in [4.69, 9.17) is 11.9 Å². The van der Waals surface area contributed by atoms with Crippen molar-refractivity contribution in [3.63, 3.8) is 0 Å². The molecular formula is C7H9ClO3. The van der Waals surface area contributed by atoms with Gasteiger partial charge in [0.1, 0.15) is 18.2 Å². The summed E-state index contributed by atoms with van der Waals surface area (Å²) in [5, 5.41) is 0. The largest absolute Gasteiger partial charge is 0.347 e. The third-order valence-corrected chi connectivity index (χ3v) is 2.28. The van der Waals surface area contributed by atoms with Crippen molar-refractivity contribution in [3.05, 3.63) is 0 Å². The standard InChI is InChI=1S/C7H9ClO3/c8-11-7(10)6-3-1-2-5(6)4-9/h4-6H,1-3H2. The van der Waals surface area contributed by atoms with Crippen LogP contribution < -0.4 is 0 Å². The van der Waals surface area contributed by atoms with Gasteiger partial charge in [-0.05, 0) is 12.8 Å². The number of carbonyl (C=O) groups excluding carboxylic acids is 2. The first-order chi connectivity index (χ1) is 5.29. The minimum absolute atomic E-state index is 0.179. The van der Waals surface area contributed by atoms with Gasteiger partial charge in [0, 0.05) is 5.92 Å². The Morgan fingerprint density at radius 3 is 2.82 bits per heavy atom. The van der Waals surface area contributed by atoms with E-state index in [-0.39, 0.29) is 11.8 Å². The van der Waals surface area contributed by atoms with Crippen LogP contribution in [0, 0.1) is 11.8 Å². The number of carbonyl (C=O) groups is 2. The van der Waals surface area contributed by atoms with Crippen LogP contribution in [0.2, 0.25) is 0 Å². The minimum atomic E-state index is -0.471. The first-order valence-electron chi connectivity index (χ1n) is 3.57. The Balaban J connectivity index is 2.56. The zero-order valence-corrected chi connectivity index (χ0v) is 6.71. The Kier molecular flexibility index (Phi) is 2.88. The fourth-order valence-electron chi connectivity index (χ4n) is 1.50. The molecule has 2 atom stereocenters. The highest BCUT2D eigenvalue weighted by atomic mass is 35.5. The van der Waals surface area contributed by atoms with Crippen molar-refractivity contribution >= 4 is 24.1 Å². The fraction of sp³-hybridized carbons (Fsp3) is 0.714. The lowest BCUT2D eigenvalue weighted by molar-refractivity contribution is -0.141. The minimum Gasteiger partial charge on any atom is -0.347 e. The van der Waals surface area contributed by atoms with E-state index >= 15 is 0 Å². The van der Waals surface area contributed by atoms with Crippen molar-refractivity contribution < 1.29 is 13.9 Å². The monoisotopic (exact) mass is 176 g/mol. The van der Waals surface area contributed by atoms with E-state index in [1.807, 2.05) is 0 Å². The second kappa shape index (κ2) is 3.72. The molecule has 1 saturated carbocycles. The van der Waals surface area contributed by atoms with Gasteiger partial charge in [-0.1, -0.05) is 6.42 Å². The van der Waals surface area contributed by atoms with Crippen molar-refractivity contribution in [1.82, 2.24) is 0 Å². The Hall–Kier alpha value is -0.570. The molecule has 4 heteroatoms. The summed E-state index contributed by atoms with van der Waals surface area (Å²) in [7, 11) is 0. The molecule has 2 unspecified atom stereocenters. The van der Waals surface area contributed by atoms with E-state index in [2.05, 4.69) is 4.29 Å². The van der Waals surface area contributed by atoms with E-state index in [1.54, 1.807) is 0 Å². The molecule has 0 heterocycles. The first-order valence-corrected chi connectivity index (χ1v) is 3.88. The van der Waals surface area contributed by atoms with Gasteiger partial charge in [-0.25, -0.2) is 0 Å². The number of rotatable bonds is 2. The van der Waals surface area contributed by atoms with Crippen LogP contribution in [-0.4, -0.2) is 12.3 Å². The van der Waals surface area contributed by atoms with E-state index in [0.29, 0.717) is 0 Å². The summed E-state index contributed by atoms with van der Waals surface area (Å²) in [5.41, 5.74) is 0. The normalized spacial score (nSPS) is 29.9. The third kappa shape index (κ3) is 1.71. The molecule has 0 radical (unpaired) electrons. The summed E-state index contributed by atoms with van der Waals surface area (Å²) < 4.78 is 4.04. The highest BCUT2D eigenvalue weighted by molar-refractivity contribution is 6.13. The average Bonchev–Trinajstić information content (AvgIpc) is 2.50. The van der Waals surface area contributed by atoms with Crippen LogP contribution in [0.4, 0.5) is 0 Å². The second-order valence-corrected chi connectivity index (χ2v) is 2.89. The van der Waals surface area contributed by atoms with Crippen molar-refractivity contribution in [3.8, 4) is 0 Å². The van der Waals surface area contributed by atoms with Crippen molar-refractivity contribution in [2.75, 3.05) is 0 Å². The Labute approximate surface area is 69.8 Å². The first kappa shape index (κ1) is 8.53. The van der Waals surface area contributed by atoms with Crippen LogP contribution in [0.3, 0.4) is 0 Å². The van der Waals surface area contributed by atoms with Gasteiger partial charge >= 0.3 is 5.97 Å². The van der Waals surface area contributed by atoms with E-state index in [0.717, 1.165) is 25.5 Å². The van der Waals surface area contributed by atoms with Crippen molar-refractivity contribution in [1.29, 1.82) is 0 Å². The number of hydrogen-bond donors (Lipinski definition) is 0. The van der Waals surface area contributed by atoms with Crippen LogP contribution in [0.5, 0.6) is 0 Å². The SMILES string of the molecule is O=CC1CCCC1C(=O)OCl. The molecule has 0 bridgehead atoms. The Morgan fingerprint density at radius 1 is 1.55 bits per heavy atom. The fourth-order valence-corrected chi connectivity index (χ4v) is 1.62. The maximum atomic E-state index is 10.9. The van der Waals surface area contributed by atoms with Gasteiger partial charge in [0.05, 0.1) is 5.92 Å². The zero-order valence-electron chi connectivity index (χ0n) is 5.96.